The summed E-state index contributed by atoms with van der Waals surface area (Å²) in [5.41, 5.74) is 2.31. The molecule has 0 aromatic heterocycles. The van der Waals surface area contributed by atoms with Gasteiger partial charge in [0.1, 0.15) is 0 Å². The number of halogens is 1. The molecule has 1 aromatic carbocycles. The van der Waals surface area contributed by atoms with E-state index in [0.717, 1.165) is 10.9 Å². The van der Waals surface area contributed by atoms with Gasteiger partial charge < -0.3 is 0 Å². The Bertz CT molecular complexity index is 309. The lowest BCUT2D eigenvalue weighted by Gasteiger charge is -1.94. The molecule has 62 valence electrons. The predicted octanol–water partition coefficient (Wildman–Crippen LogP) is 2.86. The lowest BCUT2D eigenvalue weighted by molar-refractivity contribution is 1.42. The van der Waals surface area contributed by atoms with Crippen molar-refractivity contribution in [3.05, 3.63) is 35.4 Å². The number of alkyl halides is 1. The average molecular weight is 241 g/mol. The molecular weight excluding hydrogens is 232 g/mol. The Morgan fingerprint density at radius 2 is 2.25 bits per heavy atom. The molecule has 0 nitrogen and oxygen atoms in total. The van der Waals surface area contributed by atoms with E-state index < -0.39 is 0 Å². The van der Waals surface area contributed by atoms with Gasteiger partial charge in [-0.25, -0.2) is 0 Å². The molecule has 0 bridgehead atoms. The van der Waals surface area contributed by atoms with Crippen LogP contribution < -0.4 is 0 Å². The van der Waals surface area contributed by atoms with E-state index in [1.165, 1.54) is 5.56 Å². The summed E-state index contributed by atoms with van der Waals surface area (Å²) in [5, 5.41) is 0.878. The number of rotatable bonds is 1. The van der Waals surface area contributed by atoms with Crippen molar-refractivity contribution in [2.24, 2.45) is 0 Å². The summed E-state index contributed by atoms with van der Waals surface area (Å²) < 4.78 is 0. The van der Waals surface area contributed by atoms with Crippen molar-refractivity contribution in [1.29, 1.82) is 0 Å². The van der Waals surface area contributed by atoms with Crippen LogP contribution in [0.4, 0.5) is 0 Å². The first-order chi connectivity index (χ1) is 5.86. The zero-order chi connectivity index (χ0) is 8.81. The summed E-state index contributed by atoms with van der Waals surface area (Å²) >= 11 is 7.41. The summed E-state index contributed by atoms with van der Waals surface area (Å²) in [6.07, 6.45) is 0. The molecule has 0 amide bonds. The van der Waals surface area contributed by atoms with Crippen LogP contribution in [0.15, 0.2) is 24.3 Å². The van der Waals surface area contributed by atoms with Gasteiger partial charge in [0.15, 0.2) is 0 Å². The smallest absolute Gasteiger partial charge is 0.0521 e. The molecule has 0 aliphatic rings. The summed E-state index contributed by atoms with van der Waals surface area (Å²) in [6, 6.07) is 8.16. The molecule has 0 unspecified atom stereocenters. The van der Waals surface area contributed by atoms with Crippen LogP contribution in [0.1, 0.15) is 11.1 Å². The largest absolute Gasteiger partial charge is 0.166 e. The topological polar surface area (TPSA) is 0 Å². The predicted molar refractivity (Wildman–Crippen MR) is 59.8 cm³/mol. The van der Waals surface area contributed by atoms with Gasteiger partial charge in [0.25, 0.3) is 0 Å². The van der Waals surface area contributed by atoms with E-state index in [1.54, 1.807) is 0 Å². The van der Waals surface area contributed by atoms with E-state index in [1.807, 2.05) is 12.1 Å². The second kappa shape index (κ2) is 5.29. The third-order valence-corrected chi connectivity index (χ3v) is 2.20. The molecule has 0 saturated carbocycles. The normalized spacial score (nSPS) is 8.83. The number of thiol groups is 1. The van der Waals surface area contributed by atoms with E-state index in [-0.39, 0.29) is 0 Å². The van der Waals surface area contributed by atoms with Crippen molar-refractivity contribution in [2.75, 3.05) is 5.75 Å². The van der Waals surface area contributed by atoms with Crippen LogP contribution >= 0.6 is 28.6 Å². The van der Waals surface area contributed by atoms with Crippen molar-refractivity contribution in [1.82, 2.24) is 0 Å². The number of hydrogen-bond acceptors (Lipinski definition) is 1. The molecule has 0 spiro atoms. The zero-order valence-electron chi connectivity index (χ0n) is 6.55. The zero-order valence-corrected chi connectivity index (χ0v) is 9.03. The molecule has 2 heteroatoms. The lowest BCUT2D eigenvalue weighted by Crippen LogP contribution is -1.79. The molecule has 0 radical (unpaired) electrons. The fraction of sp³-hybridized carbons (Fsp3) is 0.200. The maximum absolute atomic E-state index is 4.02. The minimum absolute atomic E-state index is 0.610. The van der Waals surface area contributed by atoms with E-state index in [9.17, 15) is 0 Å². The van der Waals surface area contributed by atoms with Crippen LogP contribution in [-0.2, 0) is 5.33 Å². The SMILES string of the molecule is SCC#Cc1cccc(CBr)c1. The minimum Gasteiger partial charge on any atom is -0.166 e. The van der Waals surface area contributed by atoms with Crippen molar-refractivity contribution in [3.8, 4) is 11.8 Å². The van der Waals surface area contributed by atoms with Gasteiger partial charge in [-0.1, -0.05) is 39.9 Å². The van der Waals surface area contributed by atoms with Crippen LogP contribution in [-0.4, -0.2) is 5.75 Å². The van der Waals surface area contributed by atoms with Crippen LogP contribution in [0.25, 0.3) is 0 Å². The maximum atomic E-state index is 4.02. The van der Waals surface area contributed by atoms with Gasteiger partial charge in [0.05, 0.1) is 5.75 Å². The van der Waals surface area contributed by atoms with E-state index in [4.69, 9.17) is 0 Å². The molecule has 0 N–H and O–H groups in total. The molecule has 0 aliphatic heterocycles. The summed E-state index contributed by atoms with van der Waals surface area (Å²) in [4.78, 5) is 0. The minimum atomic E-state index is 0.610. The fourth-order valence-electron chi connectivity index (χ4n) is 0.874. The average Bonchev–Trinajstić information content (AvgIpc) is 2.15. The fourth-order valence-corrected chi connectivity index (χ4v) is 1.30. The molecular formula is C10H9BrS. The Labute approximate surface area is 86.9 Å². The Morgan fingerprint density at radius 3 is 2.92 bits per heavy atom. The van der Waals surface area contributed by atoms with E-state index in [2.05, 4.69) is 52.5 Å². The Balaban J connectivity index is 2.86. The van der Waals surface area contributed by atoms with E-state index >= 15 is 0 Å². The highest BCUT2D eigenvalue weighted by Crippen LogP contribution is 2.07. The number of benzene rings is 1. The summed E-state index contributed by atoms with van der Waals surface area (Å²) in [6.45, 7) is 0. The first-order valence-corrected chi connectivity index (χ1v) is 5.37. The summed E-state index contributed by atoms with van der Waals surface area (Å²) in [5.74, 6) is 6.55. The summed E-state index contributed by atoms with van der Waals surface area (Å²) in [7, 11) is 0. The molecule has 0 atom stereocenters. The van der Waals surface area contributed by atoms with Gasteiger partial charge in [-0.2, -0.15) is 12.6 Å². The van der Waals surface area contributed by atoms with Crippen LogP contribution in [0.5, 0.6) is 0 Å². The molecule has 0 saturated heterocycles. The number of hydrogen-bond donors (Lipinski definition) is 1. The first-order valence-electron chi connectivity index (χ1n) is 3.61. The molecule has 0 fully saturated rings. The van der Waals surface area contributed by atoms with Crippen molar-refractivity contribution in [3.63, 3.8) is 0 Å². The molecule has 0 heterocycles. The van der Waals surface area contributed by atoms with Crippen molar-refractivity contribution < 1.29 is 0 Å². The van der Waals surface area contributed by atoms with Gasteiger partial charge in [0.2, 0.25) is 0 Å². The third-order valence-electron chi connectivity index (χ3n) is 1.39. The van der Waals surface area contributed by atoms with Crippen molar-refractivity contribution >= 4 is 28.6 Å². The Morgan fingerprint density at radius 1 is 1.42 bits per heavy atom. The molecule has 12 heavy (non-hydrogen) atoms. The second-order valence-electron chi connectivity index (χ2n) is 2.29. The highest BCUT2D eigenvalue weighted by molar-refractivity contribution is 9.08. The Hall–Kier alpha value is -0.390. The molecule has 0 aliphatic carbocycles. The standard InChI is InChI=1S/C10H9BrS/c11-8-10-4-1-3-9(7-10)5-2-6-12/h1,3-4,7,12H,6,8H2. The van der Waals surface area contributed by atoms with Crippen molar-refractivity contribution in [2.45, 2.75) is 5.33 Å². The van der Waals surface area contributed by atoms with Gasteiger partial charge in [-0.05, 0) is 17.7 Å². The van der Waals surface area contributed by atoms with Crippen LogP contribution in [0.3, 0.4) is 0 Å². The van der Waals surface area contributed by atoms with Gasteiger partial charge >= 0.3 is 0 Å². The monoisotopic (exact) mass is 240 g/mol. The van der Waals surface area contributed by atoms with E-state index in [0.29, 0.717) is 5.75 Å². The lowest BCUT2D eigenvalue weighted by atomic mass is 10.1. The van der Waals surface area contributed by atoms with Gasteiger partial charge in [0, 0.05) is 10.9 Å². The highest BCUT2D eigenvalue weighted by atomic mass is 79.9. The molecule has 1 aromatic rings. The third kappa shape index (κ3) is 2.92. The van der Waals surface area contributed by atoms with Gasteiger partial charge in [-0.15, -0.1) is 0 Å². The Kier molecular flexibility index (Phi) is 4.27. The quantitative estimate of drug-likeness (QED) is 0.436. The molecule has 1 rings (SSSR count). The second-order valence-corrected chi connectivity index (χ2v) is 3.17. The van der Waals surface area contributed by atoms with Crippen LogP contribution in [0.2, 0.25) is 0 Å². The van der Waals surface area contributed by atoms with Gasteiger partial charge in [-0.3, -0.25) is 0 Å². The van der Waals surface area contributed by atoms with Crippen LogP contribution in [0, 0.1) is 11.8 Å². The first kappa shape index (κ1) is 9.70. The maximum Gasteiger partial charge on any atom is 0.0521 e. The highest BCUT2D eigenvalue weighted by Gasteiger charge is 1.89.